The molecule has 0 fully saturated rings. The molecule has 0 saturated carbocycles. The van der Waals surface area contributed by atoms with Gasteiger partial charge in [-0.2, -0.15) is 0 Å². The second kappa shape index (κ2) is 1.92. The molecule has 1 heteroatoms. The largest absolute Gasteiger partial charge is 0.308 e. The highest BCUT2D eigenvalue weighted by atomic mass is 14.3. The first kappa shape index (κ1) is 4.57. The Morgan fingerprint density at radius 3 is 2.86 bits per heavy atom. The predicted molar refractivity (Wildman–Crippen MR) is 30.7 cm³/mol. The molecule has 0 spiro atoms. The Hall–Kier alpha value is -0.590. The van der Waals surface area contributed by atoms with E-state index in [1.165, 1.54) is 24.6 Å². The third-order valence-electron chi connectivity index (χ3n) is 1.26. The SMILES string of the molecule is N=CC1=CCCC1. The molecule has 0 atom stereocenters. The van der Waals surface area contributed by atoms with Gasteiger partial charge in [0.1, 0.15) is 0 Å². The third-order valence-corrected chi connectivity index (χ3v) is 1.26. The summed E-state index contributed by atoms with van der Waals surface area (Å²) in [4.78, 5) is 0. The summed E-state index contributed by atoms with van der Waals surface area (Å²) in [6.07, 6.45) is 7.15. The van der Waals surface area contributed by atoms with Gasteiger partial charge in [0.05, 0.1) is 0 Å². The molecule has 1 N–H and O–H groups in total. The number of nitrogens with one attached hydrogen (secondary N) is 1. The lowest BCUT2D eigenvalue weighted by Gasteiger charge is -1.81. The van der Waals surface area contributed by atoms with E-state index in [9.17, 15) is 0 Å². The molecule has 0 aromatic carbocycles. The summed E-state index contributed by atoms with van der Waals surface area (Å²) in [5.74, 6) is 0. The van der Waals surface area contributed by atoms with Crippen molar-refractivity contribution in [2.75, 3.05) is 0 Å². The molecule has 0 saturated heterocycles. The lowest BCUT2D eigenvalue weighted by Crippen LogP contribution is -1.72. The lowest BCUT2D eigenvalue weighted by molar-refractivity contribution is 0.921. The molecule has 0 unspecified atom stereocenters. The van der Waals surface area contributed by atoms with Gasteiger partial charge in [-0.05, 0) is 24.8 Å². The van der Waals surface area contributed by atoms with Crippen LogP contribution < -0.4 is 0 Å². The van der Waals surface area contributed by atoms with Gasteiger partial charge in [0, 0.05) is 6.21 Å². The van der Waals surface area contributed by atoms with Crippen molar-refractivity contribution in [1.82, 2.24) is 0 Å². The fraction of sp³-hybridized carbons (Fsp3) is 0.500. The van der Waals surface area contributed by atoms with E-state index in [1.807, 2.05) is 0 Å². The van der Waals surface area contributed by atoms with Crippen molar-refractivity contribution in [3.63, 3.8) is 0 Å². The normalized spacial score (nSPS) is 19.1. The van der Waals surface area contributed by atoms with Gasteiger partial charge in [-0.1, -0.05) is 6.08 Å². The van der Waals surface area contributed by atoms with E-state index >= 15 is 0 Å². The second-order valence-electron chi connectivity index (χ2n) is 1.82. The molecule has 0 bridgehead atoms. The zero-order valence-corrected chi connectivity index (χ0v) is 4.28. The van der Waals surface area contributed by atoms with Gasteiger partial charge in [-0.3, -0.25) is 0 Å². The van der Waals surface area contributed by atoms with Crippen LogP contribution in [0.15, 0.2) is 11.6 Å². The van der Waals surface area contributed by atoms with Crippen molar-refractivity contribution < 1.29 is 0 Å². The van der Waals surface area contributed by atoms with E-state index in [4.69, 9.17) is 5.41 Å². The van der Waals surface area contributed by atoms with Crippen molar-refractivity contribution in [2.24, 2.45) is 0 Å². The van der Waals surface area contributed by atoms with Crippen molar-refractivity contribution in [3.05, 3.63) is 11.6 Å². The first-order valence-corrected chi connectivity index (χ1v) is 2.63. The van der Waals surface area contributed by atoms with Gasteiger partial charge in [-0.15, -0.1) is 0 Å². The van der Waals surface area contributed by atoms with Crippen molar-refractivity contribution in [1.29, 1.82) is 5.41 Å². The number of hydrogen-bond donors (Lipinski definition) is 1. The second-order valence-corrected chi connectivity index (χ2v) is 1.82. The van der Waals surface area contributed by atoms with E-state index in [0.29, 0.717) is 0 Å². The zero-order chi connectivity index (χ0) is 5.11. The molecule has 0 amide bonds. The minimum absolute atomic E-state index is 1.13. The van der Waals surface area contributed by atoms with Gasteiger partial charge in [-0.25, -0.2) is 0 Å². The van der Waals surface area contributed by atoms with Crippen molar-refractivity contribution >= 4 is 6.21 Å². The van der Waals surface area contributed by atoms with Crippen LogP contribution >= 0.6 is 0 Å². The summed E-state index contributed by atoms with van der Waals surface area (Å²) >= 11 is 0. The molecule has 1 nitrogen and oxygen atoms in total. The Labute approximate surface area is 43.6 Å². The van der Waals surface area contributed by atoms with Crippen LogP contribution in [0, 0.1) is 5.41 Å². The molecule has 0 aliphatic heterocycles. The van der Waals surface area contributed by atoms with Crippen LogP contribution in [0.5, 0.6) is 0 Å². The van der Waals surface area contributed by atoms with Crippen LogP contribution in [0.25, 0.3) is 0 Å². The Bertz CT molecular complexity index is 103. The Morgan fingerprint density at radius 2 is 2.57 bits per heavy atom. The van der Waals surface area contributed by atoms with Crippen molar-refractivity contribution in [3.8, 4) is 0 Å². The summed E-state index contributed by atoms with van der Waals surface area (Å²) < 4.78 is 0. The predicted octanol–water partition coefficient (Wildman–Crippen LogP) is 1.75. The molecule has 1 aliphatic rings. The molecule has 0 aromatic rings. The number of allylic oxidation sites excluding steroid dienone is 2. The van der Waals surface area contributed by atoms with E-state index < -0.39 is 0 Å². The summed E-state index contributed by atoms with van der Waals surface area (Å²) in [5.41, 5.74) is 1.21. The number of hydrogen-bond acceptors (Lipinski definition) is 1. The highest BCUT2D eigenvalue weighted by Crippen LogP contribution is 2.14. The number of rotatable bonds is 1. The maximum Gasteiger partial charge on any atom is 0.0206 e. The average molecular weight is 95.1 g/mol. The molecular formula is C6H9N. The van der Waals surface area contributed by atoms with Crippen molar-refractivity contribution in [2.45, 2.75) is 19.3 Å². The molecule has 0 heterocycles. The summed E-state index contributed by atoms with van der Waals surface area (Å²) in [7, 11) is 0. The molecule has 0 radical (unpaired) electrons. The van der Waals surface area contributed by atoms with Gasteiger partial charge in [0.15, 0.2) is 0 Å². The first-order chi connectivity index (χ1) is 3.43. The van der Waals surface area contributed by atoms with Gasteiger partial charge >= 0.3 is 0 Å². The monoisotopic (exact) mass is 95.1 g/mol. The van der Waals surface area contributed by atoms with Crippen LogP contribution in [-0.4, -0.2) is 6.21 Å². The minimum atomic E-state index is 1.13. The van der Waals surface area contributed by atoms with E-state index in [2.05, 4.69) is 6.08 Å². The summed E-state index contributed by atoms with van der Waals surface area (Å²) in [6, 6.07) is 0. The summed E-state index contributed by atoms with van der Waals surface area (Å²) in [6.45, 7) is 0. The molecular weight excluding hydrogens is 86.1 g/mol. The fourth-order valence-electron chi connectivity index (χ4n) is 0.827. The Morgan fingerprint density at radius 1 is 1.71 bits per heavy atom. The van der Waals surface area contributed by atoms with Gasteiger partial charge in [0.2, 0.25) is 0 Å². The fourth-order valence-corrected chi connectivity index (χ4v) is 0.827. The summed E-state index contributed by atoms with van der Waals surface area (Å²) in [5, 5.41) is 6.81. The van der Waals surface area contributed by atoms with Gasteiger partial charge in [0.25, 0.3) is 0 Å². The standard InChI is InChI=1S/C6H9N/c7-5-6-3-1-2-4-6/h3,5,7H,1-2,4H2. The maximum atomic E-state index is 6.81. The smallest absolute Gasteiger partial charge is 0.0206 e. The topological polar surface area (TPSA) is 23.9 Å². The third kappa shape index (κ3) is 0.889. The average Bonchev–Trinajstić information content (AvgIpc) is 2.14. The highest BCUT2D eigenvalue weighted by Gasteiger charge is 1.98. The molecule has 7 heavy (non-hydrogen) atoms. The Kier molecular flexibility index (Phi) is 1.25. The molecule has 1 aliphatic carbocycles. The van der Waals surface area contributed by atoms with E-state index in [1.54, 1.807) is 0 Å². The lowest BCUT2D eigenvalue weighted by atomic mass is 10.3. The minimum Gasteiger partial charge on any atom is -0.308 e. The van der Waals surface area contributed by atoms with E-state index in [0.717, 1.165) is 6.42 Å². The Balaban J connectivity index is 2.51. The van der Waals surface area contributed by atoms with Crippen LogP contribution in [0.2, 0.25) is 0 Å². The molecule has 0 aromatic heterocycles. The highest BCUT2D eigenvalue weighted by molar-refractivity contribution is 5.76. The quantitative estimate of drug-likeness (QED) is 0.480. The zero-order valence-electron chi connectivity index (χ0n) is 4.28. The van der Waals surface area contributed by atoms with Crippen LogP contribution in [-0.2, 0) is 0 Å². The molecule has 1 rings (SSSR count). The maximum absolute atomic E-state index is 6.81. The first-order valence-electron chi connectivity index (χ1n) is 2.63. The van der Waals surface area contributed by atoms with Crippen LogP contribution in [0.3, 0.4) is 0 Å². The van der Waals surface area contributed by atoms with Gasteiger partial charge < -0.3 is 5.41 Å². The van der Waals surface area contributed by atoms with Crippen LogP contribution in [0.1, 0.15) is 19.3 Å². The van der Waals surface area contributed by atoms with Crippen LogP contribution in [0.4, 0.5) is 0 Å². The van der Waals surface area contributed by atoms with E-state index in [-0.39, 0.29) is 0 Å². The molecule has 38 valence electrons.